The van der Waals surface area contributed by atoms with E-state index in [-0.39, 0.29) is 10.8 Å². The molecule has 2 unspecified atom stereocenters. The zero-order valence-corrected chi connectivity index (χ0v) is 13.1. The van der Waals surface area contributed by atoms with Gasteiger partial charge >= 0.3 is 5.97 Å². The predicted octanol–water partition coefficient (Wildman–Crippen LogP) is 4.70. The number of halogens is 1. The highest BCUT2D eigenvalue weighted by molar-refractivity contribution is 9.10. The summed E-state index contributed by atoms with van der Waals surface area (Å²) in [6.45, 7) is 7.07. The smallest absolute Gasteiger partial charge is 0.319 e. The SMILES string of the molecule is CCCCC(CC)COC(=O)C(Br)CCCC. The number of alkyl halides is 1. The van der Waals surface area contributed by atoms with Crippen molar-refractivity contribution in [1.29, 1.82) is 0 Å². The second-order valence-corrected chi connectivity index (χ2v) is 5.76. The van der Waals surface area contributed by atoms with Crippen molar-refractivity contribution >= 4 is 21.9 Å². The van der Waals surface area contributed by atoms with Crippen LogP contribution in [0.25, 0.3) is 0 Å². The summed E-state index contributed by atoms with van der Waals surface area (Å²) in [7, 11) is 0. The van der Waals surface area contributed by atoms with Gasteiger partial charge in [-0.25, -0.2) is 0 Å². The fourth-order valence-electron chi connectivity index (χ4n) is 1.69. The first-order valence-electron chi connectivity index (χ1n) is 6.96. The first-order valence-corrected chi connectivity index (χ1v) is 7.87. The highest BCUT2D eigenvalue weighted by Crippen LogP contribution is 2.16. The van der Waals surface area contributed by atoms with Gasteiger partial charge in [0.25, 0.3) is 0 Å². The molecule has 0 saturated carbocycles. The number of rotatable bonds is 10. The van der Waals surface area contributed by atoms with Crippen molar-refractivity contribution in [2.24, 2.45) is 5.92 Å². The molecule has 3 heteroatoms. The molecule has 0 aliphatic rings. The fourth-order valence-corrected chi connectivity index (χ4v) is 2.15. The lowest BCUT2D eigenvalue weighted by atomic mass is 10.0. The molecule has 0 radical (unpaired) electrons. The van der Waals surface area contributed by atoms with Crippen LogP contribution >= 0.6 is 15.9 Å². The first-order chi connectivity index (χ1) is 8.15. The van der Waals surface area contributed by atoms with E-state index in [1.54, 1.807) is 0 Å². The fraction of sp³-hybridized carbons (Fsp3) is 0.929. The molecule has 0 aliphatic carbocycles. The Kier molecular flexibility index (Phi) is 11.0. The van der Waals surface area contributed by atoms with Crippen LogP contribution in [0.15, 0.2) is 0 Å². The summed E-state index contributed by atoms with van der Waals surface area (Å²) in [4.78, 5) is 11.6. The number of carbonyl (C=O) groups excluding carboxylic acids is 1. The number of unbranched alkanes of at least 4 members (excludes halogenated alkanes) is 2. The number of hydrogen-bond donors (Lipinski definition) is 0. The maximum atomic E-state index is 11.7. The molecule has 17 heavy (non-hydrogen) atoms. The quantitative estimate of drug-likeness (QED) is 0.432. The van der Waals surface area contributed by atoms with Crippen LogP contribution < -0.4 is 0 Å². The molecule has 0 bridgehead atoms. The largest absolute Gasteiger partial charge is 0.465 e. The minimum Gasteiger partial charge on any atom is -0.465 e. The Labute approximate surface area is 115 Å². The van der Waals surface area contributed by atoms with E-state index in [0.717, 1.165) is 25.7 Å². The van der Waals surface area contributed by atoms with Gasteiger partial charge in [-0.1, -0.05) is 68.8 Å². The van der Waals surface area contributed by atoms with E-state index >= 15 is 0 Å². The van der Waals surface area contributed by atoms with E-state index < -0.39 is 0 Å². The van der Waals surface area contributed by atoms with E-state index in [0.29, 0.717) is 12.5 Å². The number of carbonyl (C=O) groups is 1. The number of esters is 1. The van der Waals surface area contributed by atoms with Gasteiger partial charge in [-0.3, -0.25) is 4.79 Å². The van der Waals surface area contributed by atoms with E-state index in [1.807, 2.05) is 0 Å². The van der Waals surface area contributed by atoms with Crippen molar-refractivity contribution < 1.29 is 9.53 Å². The van der Waals surface area contributed by atoms with Gasteiger partial charge in [0.2, 0.25) is 0 Å². The molecule has 0 aromatic rings. The summed E-state index contributed by atoms with van der Waals surface area (Å²) < 4.78 is 5.37. The Morgan fingerprint density at radius 2 is 1.71 bits per heavy atom. The molecule has 0 rings (SSSR count). The molecule has 2 atom stereocenters. The predicted molar refractivity (Wildman–Crippen MR) is 76.5 cm³/mol. The molecule has 102 valence electrons. The van der Waals surface area contributed by atoms with E-state index in [1.165, 1.54) is 19.3 Å². The molecule has 0 fully saturated rings. The van der Waals surface area contributed by atoms with Gasteiger partial charge < -0.3 is 4.74 Å². The minimum absolute atomic E-state index is 0.0894. The third-order valence-corrected chi connectivity index (χ3v) is 3.90. The van der Waals surface area contributed by atoms with Gasteiger partial charge in [0.15, 0.2) is 0 Å². The summed E-state index contributed by atoms with van der Waals surface area (Å²) in [5, 5.41) is 0. The molecule has 0 aromatic carbocycles. The van der Waals surface area contributed by atoms with Gasteiger partial charge in [-0.15, -0.1) is 0 Å². The van der Waals surface area contributed by atoms with Gasteiger partial charge in [0, 0.05) is 0 Å². The normalized spacial score (nSPS) is 14.4. The van der Waals surface area contributed by atoms with Crippen LogP contribution in [0.5, 0.6) is 0 Å². The van der Waals surface area contributed by atoms with Gasteiger partial charge in [-0.05, 0) is 18.8 Å². The molecule has 0 N–H and O–H groups in total. The molecular formula is C14H27BrO2. The minimum atomic E-state index is -0.119. The van der Waals surface area contributed by atoms with Crippen LogP contribution in [0.4, 0.5) is 0 Å². The summed E-state index contributed by atoms with van der Waals surface area (Å²) in [6.07, 6.45) is 7.76. The second-order valence-electron chi connectivity index (χ2n) is 4.66. The van der Waals surface area contributed by atoms with Crippen LogP contribution in [-0.2, 0) is 9.53 Å². The first kappa shape index (κ1) is 16.9. The van der Waals surface area contributed by atoms with E-state index in [4.69, 9.17) is 4.74 Å². The van der Waals surface area contributed by atoms with Crippen LogP contribution in [0, 0.1) is 5.92 Å². The number of ether oxygens (including phenoxy) is 1. The molecule has 0 amide bonds. The Hall–Kier alpha value is -0.0500. The lowest BCUT2D eigenvalue weighted by molar-refractivity contribution is -0.144. The molecule has 0 aromatic heterocycles. The van der Waals surface area contributed by atoms with Crippen molar-refractivity contribution in [2.45, 2.75) is 70.5 Å². The maximum absolute atomic E-state index is 11.7. The highest BCUT2D eigenvalue weighted by atomic mass is 79.9. The molecule has 0 heterocycles. The van der Waals surface area contributed by atoms with Gasteiger partial charge in [0.05, 0.1) is 6.61 Å². The topological polar surface area (TPSA) is 26.3 Å². The molecule has 0 aliphatic heterocycles. The second kappa shape index (κ2) is 11.1. The lowest BCUT2D eigenvalue weighted by Crippen LogP contribution is -2.21. The van der Waals surface area contributed by atoms with Crippen molar-refractivity contribution in [1.82, 2.24) is 0 Å². The summed E-state index contributed by atoms with van der Waals surface area (Å²) in [5.41, 5.74) is 0. The summed E-state index contributed by atoms with van der Waals surface area (Å²) in [6, 6.07) is 0. The average Bonchev–Trinajstić information content (AvgIpc) is 2.35. The van der Waals surface area contributed by atoms with Crippen LogP contribution in [0.3, 0.4) is 0 Å². The van der Waals surface area contributed by atoms with Crippen molar-refractivity contribution in [2.75, 3.05) is 6.61 Å². The standard InChI is InChI=1S/C14H27BrO2/c1-4-7-9-12(6-3)11-17-14(16)13(15)10-8-5-2/h12-13H,4-11H2,1-3H3. The number of hydrogen-bond acceptors (Lipinski definition) is 2. The Balaban J connectivity index is 3.78. The third-order valence-electron chi connectivity index (χ3n) is 3.07. The average molecular weight is 307 g/mol. The van der Waals surface area contributed by atoms with Crippen molar-refractivity contribution in [3.05, 3.63) is 0 Å². The van der Waals surface area contributed by atoms with E-state index in [2.05, 4.69) is 36.7 Å². The highest BCUT2D eigenvalue weighted by Gasteiger charge is 2.17. The summed E-state index contributed by atoms with van der Waals surface area (Å²) in [5.74, 6) is 0.443. The summed E-state index contributed by atoms with van der Waals surface area (Å²) >= 11 is 3.39. The molecule has 0 spiro atoms. The molecule has 2 nitrogen and oxygen atoms in total. The van der Waals surface area contributed by atoms with Crippen LogP contribution in [-0.4, -0.2) is 17.4 Å². The molecular weight excluding hydrogens is 280 g/mol. The monoisotopic (exact) mass is 306 g/mol. The third kappa shape index (κ3) is 8.64. The van der Waals surface area contributed by atoms with Gasteiger partial charge in [0.1, 0.15) is 4.83 Å². The zero-order valence-electron chi connectivity index (χ0n) is 11.5. The van der Waals surface area contributed by atoms with Crippen molar-refractivity contribution in [3.8, 4) is 0 Å². The maximum Gasteiger partial charge on any atom is 0.319 e. The van der Waals surface area contributed by atoms with Crippen molar-refractivity contribution in [3.63, 3.8) is 0 Å². The van der Waals surface area contributed by atoms with Gasteiger partial charge in [-0.2, -0.15) is 0 Å². The lowest BCUT2D eigenvalue weighted by Gasteiger charge is -2.16. The van der Waals surface area contributed by atoms with Crippen LogP contribution in [0.1, 0.15) is 65.7 Å². The van der Waals surface area contributed by atoms with E-state index in [9.17, 15) is 4.79 Å². The zero-order chi connectivity index (χ0) is 13.1. The van der Waals surface area contributed by atoms with Crippen LogP contribution in [0.2, 0.25) is 0 Å². The Morgan fingerprint density at radius 1 is 1.12 bits per heavy atom. The molecule has 0 saturated heterocycles. The Morgan fingerprint density at radius 3 is 2.24 bits per heavy atom. The Bertz CT molecular complexity index is 195.